The van der Waals surface area contributed by atoms with E-state index in [2.05, 4.69) is 23.2 Å². The molecule has 2 aliphatic heterocycles. The van der Waals surface area contributed by atoms with Gasteiger partial charge in [0.05, 0.1) is 36.5 Å². The molecule has 4 heterocycles. The zero-order valence-electron chi connectivity index (χ0n) is 15.6. The molecule has 0 fully saturated rings. The molecule has 0 N–H and O–H groups in total. The number of carbonyl (C=O) groups excluding carboxylic acids is 1. The molecule has 5 rings (SSSR count). The molecule has 5 nitrogen and oxygen atoms in total. The van der Waals surface area contributed by atoms with Gasteiger partial charge in [0.25, 0.3) is 5.91 Å². The summed E-state index contributed by atoms with van der Waals surface area (Å²) in [5.41, 5.74) is 5.85. The minimum atomic E-state index is 0.0753. The van der Waals surface area contributed by atoms with Gasteiger partial charge in [-0.1, -0.05) is 30.3 Å². The van der Waals surface area contributed by atoms with Crippen molar-refractivity contribution in [1.29, 1.82) is 0 Å². The van der Waals surface area contributed by atoms with Gasteiger partial charge in [0.2, 0.25) is 0 Å². The fourth-order valence-electron chi connectivity index (χ4n) is 3.99. The van der Waals surface area contributed by atoms with Crippen molar-refractivity contribution in [2.24, 2.45) is 0 Å². The Labute approximate surface area is 163 Å². The van der Waals surface area contributed by atoms with E-state index in [1.807, 2.05) is 41.4 Å². The van der Waals surface area contributed by atoms with Gasteiger partial charge < -0.3 is 9.64 Å². The smallest absolute Gasteiger partial charge is 0.256 e. The highest BCUT2D eigenvalue weighted by Crippen LogP contribution is 2.31. The number of aromatic nitrogens is 2. The quantitative estimate of drug-likeness (QED) is 0.703. The zero-order valence-corrected chi connectivity index (χ0v) is 15.6. The molecular weight excluding hydrogens is 350 g/mol. The van der Waals surface area contributed by atoms with Crippen molar-refractivity contribution in [3.63, 3.8) is 0 Å². The van der Waals surface area contributed by atoms with E-state index in [9.17, 15) is 4.79 Å². The van der Waals surface area contributed by atoms with E-state index in [4.69, 9.17) is 9.72 Å². The molecular formula is C23H21N3O2. The Kier molecular flexibility index (Phi) is 4.37. The van der Waals surface area contributed by atoms with Gasteiger partial charge >= 0.3 is 0 Å². The summed E-state index contributed by atoms with van der Waals surface area (Å²) in [6.45, 7) is 2.52. The first-order valence-electron chi connectivity index (χ1n) is 9.68. The van der Waals surface area contributed by atoms with Gasteiger partial charge in [-0.3, -0.25) is 14.8 Å². The summed E-state index contributed by atoms with van der Waals surface area (Å²) in [6, 6.07) is 14.2. The van der Waals surface area contributed by atoms with E-state index < -0.39 is 0 Å². The van der Waals surface area contributed by atoms with Gasteiger partial charge in [-0.25, -0.2) is 0 Å². The van der Waals surface area contributed by atoms with Gasteiger partial charge in [0.1, 0.15) is 0 Å². The number of ether oxygens (including phenoxy) is 1. The van der Waals surface area contributed by atoms with Crippen molar-refractivity contribution >= 4 is 22.4 Å². The lowest BCUT2D eigenvalue weighted by atomic mass is 9.96. The number of fused-ring (bicyclic) bond motifs is 2. The summed E-state index contributed by atoms with van der Waals surface area (Å²) in [5, 5.41) is 1.13. The average molecular weight is 371 g/mol. The summed E-state index contributed by atoms with van der Waals surface area (Å²) >= 11 is 0. The van der Waals surface area contributed by atoms with E-state index in [0.717, 1.165) is 46.3 Å². The van der Waals surface area contributed by atoms with Crippen LogP contribution in [0.2, 0.25) is 0 Å². The second-order valence-electron chi connectivity index (χ2n) is 7.21. The molecule has 0 bridgehead atoms. The molecule has 0 aliphatic carbocycles. The summed E-state index contributed by atoms with van der Waals surface area (Å²) in [5.74, 6) is 0.0753. The average Bonchev–Trinajstić information content (AvgIpc) is 3.08. The summed E-state index contributed by atoms with van der Waals surface area (Å²) < 4.78 is 5.41. The predicted molar refractivity (Wildman–Crippen MR) is 108 cm³/mol. The highest BCUT2D eigenvalue weighted by atomic mass is 16.5. The van der Waals surface area contributed by atoms with Crippen LogP contribution in [0.25, 0.3) is 16.5 Å². The van der Waals surface area contributed by atoms with Crippen molar-refractivity contribution in [3.8, 4) is 0 Å². The standard InChI is InChI=1S/C23H21N3O2/c27-23-22-19(16-9-13-28-14-10-16)7-11-24-21(22)15-26(23)12-8-18-6-5-17-3-1-2-4-20(17)25-18/h1-7,9,11H,8,10,12-15H2. The molecule has 1 aromatic carbocycles. The maximum absolute atomic E-state index is 13.1. The molecule has 2 aliphatic rings. The molecule has 2 aromatic heterocycles. The third-order valence-electron chi connectivity index (χ3n) is 5.47. The van der Waals surface area contributed by atoms with Crippen molar-refractivity contribution in [3.05, 3.63) is 77.3 Å². The molecule has 0 radical (unpaired) electrons. The first-order chi connectivity index (χ1) is 13.8. The number of hydrogen-bond acceptors (Lipinski definition) is 4. The SMILES string of the molecule is O=C1c2c(C3=CCOCC3)ccnc2CN1CCc1ccc2ccccc2n1. The van der Waals surface area contributed by atoms with Crippen molar-refractivity contribution in [1.82, 2.24) is 14.9 Å². The Morgan fingerprint density at radius 3 is 2.93 bits per heavy atom. The number of pyridine rings is 2. The zero-order chi connectivity index (χ0) is 18.9. The number of carbonyl (C=O) groups is 1. The van der Waals surface area contributed by atoms with Crippen LogP contribution in [-0.4, -0.2) is 40.5 Å². The summed E-state index contributed by atoms with van der Waals surface area (Å²) in [6.07, 6.45) is 5.46. The van der Waals surface area contributed by atoms with Gasteiger partial charge in [-0.15, -0.1) is 0 Å². The largest absolute Gasteiger partial charge is 0.377 e. The van der Waals surface area contributed by atoms with Gasteiger partial charge in [0, 0.05) is 30.2 Å². The molecule has 0 unspecified atom stereocenters. The Morgan fingerprint density at radius 2 is 2.04 bits per heavy atom. The van der Waals surface area contributed by atoms with E-state index >= 15 is 0 Å². The van der Waals surface area contributed by atoms with Crippen LogP contribution in [0.5, 0.6) is 0 Å². The van der Waals surface area contributed by atoms with Crippen LogP contribution in [0.3, 0.4) is 0 Å². The number of amides is 1. The van der Waals surface area contributed by atoms with Crippen LogP contribution < -0.4 is 0 Å². The first-order valence-corrected chi connectivity index (χ1v) is 9.68. The number of rotatable bonds is 4. The Hall–Kier alpha value is -3.05. The molecule has 0 saturated heterocycles. The predicted octanol–water partition coefficient (Wildman–Crippen LogP) is 3.63. The third kappa shape index (κ3) is 3.08. The summed E-state index contributed by atoms with van der Waals surface area (Å²) in [7, 11) is 0. The Morgan fingerprint density at radius 1 is 1.11 bits per heavy atom. The highest BCUT2D eigenvalue weighted by Gasteiger charge is 2.31. The molecule has 0 spiro atoms. The van der Waals surface area contributed by atoms with Crippen molar-refractivity contribution in [2.45, 2.75) is 19.4 Å². The minimum Gasteiger partial charge on any atom is -0.377 e. The minimum absolute atomic E-state index is 0.0753. The third-order valence-corrected chi connectivity index (χ3v) is 5.47. The van der Waals surface area contributed by atoms with E-state index in [1.54, 1.807) is 0 Å². The fourth-order valence-corrected chi connectivity index (χ4v) is 3.99. The lowest BCUT2D eigenvalue weighted by molar-refractivity contribution is 0.0779. The number of para-hydroxylation sites is 1. The van der Waals surface area contributed by atoms with Crippen molar-refractivity contribution in [2.75, 3.05) is 19.8 Å². The lowest BCUT2D eigenvalue weighted by Crippen LogP contribution is -2.27. The van der Waals surface area contributed by atoms with Crippen molar-refractivity contribution < 1.29 is 9.53 Å². The molecule has 28 heavy (non-hydrogen) atoms. The second kappa shape index (κ2) is 7.17. The highest BCUT2D eigenvalue weighted by molar-refractivity contribution is 6.02. The topological polar surface area (TPSA) is 55.3 Å². The number of hydrogen-bond donors (Lipinski definition) is 0. The fraction of sp³-hybridized carbons (Fsp3) is 0.261. The van der Waals surface area contributed by atoms with E-state index in [0.29, 0.717) is 26.3 Å². The van der Waals surface area contributed by atoms with Crippen LogP contribution in [0.4, 0.5) is 0 Å². The monoisotopic (exact) mass is 371 g/mol. The van der Waals surface area contributed by atoms with Gasteiger partial charge in [-0.05, 0) is 35.8 Å². The van der Waals surface area contributed by atoms with Crippen LogP contribution in [-0.2, 0) is 17.7 Å². The molecule has 3 aromatic rings. The van der Waals surface area contributed by atoms with Crippen LogP contribution in [0.1, 0.15) is 33.7 Å². The van der Waals surface area contributed by atoms with E-state index in [-0.39, 0.29) is 5.91 Å². The Balaban J connectivity index is 1.35. The van der Waals surface area contributed by atoms with Gasteiger partial charge in [-0.2, -0.15) is 0 Å². The molecule has 0 atom stereocenters. The molecule has 140 valence electrons. The second-order valence-corrected chi connectivity index (χ2v) is 7.21. The lowest BCUT2D eigenvalue weighted by Gasteiger charge is -2.17. The molecule has 1 amide bonds. The van der Waals surface area contributed by atoms with Crippen LogP contribution >= 0.6 is 0 Å². The summed E-state index contributed by atoms with van der Waals surface area (Å²) in [4.78, 5) is 24.2. The Bertz CT molecular complexity index is 1090. The normalized spacial score (nSPS) is 16.4. The molecule has 0 saturated carbocycles. The molecule has 5 heteroatoms. The number of nitrogens with zero attached hydrogens (tertiary/aromatic N) is 3. The number of benzene rings is 1. The van der Waals surface area contributed by atoms with Gasteiger partial charge in [0.15, 0.2) is 0 Å². The van der Waals surface area contributed by atoms with Crippen LogP contribution in [0.15, 0.2) is 54.7 Å². The maximum Gasteiger partial charge on any atom is 0.256 e. The van der Waals surface area contributed by atoms with E-state index in [1.165, 1.54) is 5.57 Å². The first kappa shape index (κ1) is 17.1. The van der Waals surface area contributed by atoms with Crippen LogP contribution in [0, 0.1) is 0 Å². The maximum atomic E-state index is 13.1.